The Morgan fingerprint density at radius 1 is 1.56 bits per heavy atom. The molecule has 1 aromatic rings. The Balaban J connectivity index is 1.96. The quantitative estimate of drug-likeness (QED) is 0.910. The number of aliphatic hydroxyl groups excluding tert-OH is 1. The number of carbonyl (C=O) groups excluding carboxylic acids is 1. The average Bonchev–Trinajstić information content (AvgIpc) is 2.32. The SMILES string of the molecule is CC1CN(C(=O)Cc2cccc(Br)c2)CCC1O. The maximum atomic E-state index is 12.2. The summed E-state index contributed by atoms with van der Waals surface area (Å²) in [6.45, 7) is 3.32. The summed E-state index contributed by atoms with van der Waals surface area (Å²) in [5, 5.41) is 9.66. The summed E-state index contributed by atoms with van der Waals surface area (Å²) in [6, 6.07) is 7.83. The number of hydrogen-bond acceptors (Lipinski definition) is 2. The molecule has 0 spiro atoms. The Labute approximate surface area is 116 Å². The van der Waals surface area contributed by atoms with Gasteiger partial charge in [0.15, 0.2) is 0 Å². The second kappa shape index (κ2) is 5.85. The van der Waals surface area contributed by atoms with E-state index >= 15 is 0 Å². The van der Waals surface area contributed by atoms with E-state index in [0.29, 0.717) is 25.9 Å². The molecule has 1 N–H and O–H groups in total. The van der Waals surface area contributed by atoms with Crippen LogP contribution in [0.15, 0.2) is 28.7 Å². The van der Waals surface area contributed by atoms with E-state index in [1.807, 2.05) is 36.1 Å². The van der Waals surface area contributed by atoms with Crippen molar-refractivity contribution in [2.75, 3.05) is 13.1 Å². The topological polar surface area (TPSA) is 40.5 Å². The Hall–Kier alpha value is -0.870. The van der Waals surface area contributed by atoms with Crippen molar-refractivity contribution in [1.29, 1.82) is 0 Å². The van der Waals surface area contributed by atoms with Crippen LogP contribution in [0.2, 0.25) is 0 Å². The molecule has 1 amide bonds. The molecule has 2 unspecified atom stereocenters. The summed E-state index contributed by atoms with van der Waals surface area (Å²) < 4.78 is 0.996. The van der Waals surface area contributed by atoms with Crippen LogP contribution in [0.25, 0.3) is 0 Å². The number of hydrogen-bond donors (Lipinski definition) is 1. The van der Waals surface area contributed by atoms with Crippen LogP contribution in [0, 0.1) is 5.92 Å². The molecule has 0 bridgehead atoms. The largest absolute Gasteiger partial charge is 0.393 e. The molecular formula is C14H18BrNO2. The van der Waals surface area contributed by atoms with Gasteiger partial charge in [-0.3, -0.25) is 4.79 Å². The molecular weight excluding hydrogens is 294 g/mol. The number of rotatable bonds is 2. The molecule has 1 aliphatic rings. The molecule has 2 atom stereocenters. The van der Waals surface area contributed by atoms with Crippen LogP contribution in [0.5, 0.6) is 0 Å². The molecule has 1 saturated heterocycles. The predicted molar refractivity (Wildman–Crippen MR) is 74.2 cm³/mol. The van der Waals surface area contributed by atoms with Gasteiger partial charge >= 0.3 is 0 Å². The van der Waals surface area contributed by atoms with E-state index in [1.165, 1.54) is 0 Å². The zero-order valence-electron chi connectivity index (χ0n) is 10.5. The lowest BCUT2D eigenvalue weighted by atomic mass is 9.96. The highest BCUT2D eigenvalue weighted by molar-refractivity contribution is 9.10. The Morgan fingerprint density at radius 3 is 3.00 bits per heavy atom. The minimum absolute atomic E-state index is 0.145. The van der Waals surface area contributed by atoms with E-state index in [2.05, 4.69) is 15.9 Å². The maximum absolute atomic E-state index is 12.2. The minimum Gasteiger partial charge on any atom is -0.393 e. The maximum Gasteiger partial charge on any atom is 0.227 e. The van der Waals surface area contributed by atoms with Gasteiger partial charge in [0.25, 0.3) is 0 Å². The molecule has 1 aliphatic heterocycles. The molecule has 0 aromatic heterocycles. The van der Waals surface area contributed by atoms with Gasteiger partial charge in [0, 0.05) is 17.6 Å². The van der Waals surface area contributed by atoms with Crippen molar-refractivity contribution in [3.63, 3.8) is 0 Å². The molecule has 1 heterocycles. The lowest BCUT2D eigenvalue weighted by Crippen LogP contribution is -2.45. The first-order valence-electron chi connectivity index (χ1n) is 6.26. The third-order valence-electron chi connectivity index (χ3n) is 3.46. The summed E-state index contributed by atoms with van der Waals surface area (Å²) in [7, 11) is 0. The number of nitrogens with zero attached hydrogens (tertiary/aromatic N) is 1. The monoisotopic (exact) mass is 311 g/mol. The van der Waals surface area contributed by atoms with Gasteiger partial charge in [-0.1, -0.05) is 35.0 Å². The van der Waals surface area contributed by atoms with Crippen LogP contribution < -0.4 is 0 Å². The van der Waals surface area contributed by atoms with E-state index in [1.54, 1.807) is 0 Å². The minimum atomic E-state index is -0.264. The van der Waals surface area contributed by atoms with Gasteiger partial charge in [0.05, 0.1) is 12.5 Å². The normalized spacial score (nSPS) is 24.1. The standard InChI is InChI=1S/C14H18BrNO2/c1-10-9-16(6-5-13(10)17)14(18)8-11-3-2-4-12(15)7-11/h2-4,7,10,13,17H,5-6,8-9H2,1H3. The van der Waals surface area contributed by atoms with Crippen LogP contribution in [-0.4, -0.2) is 35.1 Å². The molecule has 4 heteroatoms. The number of aliphatic hydroxyl groups is 1. The highest BCUT2D eigenvalue weighted by Crippen LogP contribution is 2.18. The zero-order chi connectivity index (χ0) is 13.1. The molecule has 0 radical (unpaired) electrons. The summed E-state index contributed by atoms with van der Waals surface area (Å²) in [5.74, 6) is 0.317. The first-order chi connectivity index (χ1) is 8.56. The van der Waals surface area contributed by atoms with Crippen molar-refractivity contribution >= 4 is 21.8 Å². The van der Waals surface area contributed by atoms with Gasteiger partial charge in [0.1, 0.15) is 0 Å². The van der Waals surface area contributed by atoms with E-state index in [-0.39, 0.29) is 17.9 Å². The van der Waals surface area contributed by atoms with E-state index < -0.39 is 0 Å². The zero-order valence-corrected chi connectivity index (χ0v) is 12.1. The fourth-order valence-electron chi connectivity index (χ4n) is 2.29. The smallest absolute Gasteiger partial charge is 0.227 e. The number of carbonyl (C=O) groups is 1. The summed E-state index contributed by atoms with van der Waals surface area (Å²) in [5.41, 5.74) is 1.02. The van der Waals surface area contributed by atoms with Gasteiger partial charge in [-0.25, -0.2) is 0 Å². The third kappa shape index (κ3) is 3.33. The number of amides is 1. The van der Waals surface area contributed by atoms with Gasteiger partial charge in [-0.05, 0) is 30.0 Å². The van der Waals surface area contributed by atoms with Gasteiger partial charge in [-0.15, -0.1) is 0 Å². The van der Waals surface area contributed by atoms with E-state index in [9.17, 15) is 9.90 Å². The van der Waals surface area contributed by atoms with Crippen molar-refractivity contribution in [2.24, 2.45) is 5.92 Å². The fraction of sp³-hybridized carbons (Fsp3) is 0.500. The van der Waals surface area contributed by atoms with Crippen LogP contribution in [0.1, 0.15) is 18.9 Å². The summed E-state index contributed by atoms with van der Waals surface area (Å²) in [4.78, 5) is 14.0. The van der Waals surface area contributed by atoms with Crippen molar-refractivity contribution in [3.05, 3.63) is 34.3 Å². The fourth-order valence-corrected chi connectivity index (χ4v) is 2.74. The van der Waals surface area contributed by atoms with Gasteiger partial charge in [-0.2, -0.15) is 0 Å². The van der Waals surface area contributed by atoms with Crippen LogP contribution in [-0.2, 0) is 11.2 Å². The van der Waals surface area contributed by atoms with Crippen LogP contribution >= 0.6 is 15.9 Å². The molecule has 18 heavy (non-hydrogen) atoms. The summed E-state index contributed by atoms with van der Waals surface area (Å²) >= 11 is 3.41. The lowest BCUT2D eigenvalue weighted by Gasteiger charge is -2.34. The summed E-state index contributed by atoms with van der Waals surface area (Å²) in [6.07, 6.45) is 0.855. The lowest BCUT2D eigenvalue weighted by molar-refractivity contribution is -0.133. The van der Waals surface area contributed by atoms with Crippen molar-refractivity contribution < 1.29 is 9.90 Å². The Kier molecular flexibility index (Phi) is 4.40. The molecule has 0 aliphatic carbocycles. The van der Waals surface area contributed by atoms with Crippen LogP contribution in [0.3, 0.4) is 0 Å². The second-order valence-corrected chi connectivity index (χ2v) is 5.90. The van der Waals surface area contributed by atoms with E-state index in [4.69, 9.17) is 0 Å². The van der Waals surface area contributed by atoms with Crippen molar-refractivity contribution in [2.45, 2.75) is 25.9 Å². The van der Waals surface area contributed by atoms with Crippen LogP contribution in [0.4, 0.5) is 0 Å². The Bertz CT molecular complexity index is 436. The van der Waals surface area contributed by atoms with E-state index in [0.717, 1.165) is 10.0 Å². The molecule has 3 nitrogen and oxygen atoms in total. The highest BCUT2D eigenvalue weighted by atomic mass is 79.9. The van der Waals surface area contributed by atoms with Crippen molar-refractivity contribution in [3.8, 4) is 0 Å². The Morgan fingerprint density at radius 2 is 2.33 bits per heavy atom. The number of halogens is 1. The van der Waals surface area contributed by atoms with Gasteiger partial charge < -0.3 is 10.0 Å². The molecule has 0 saturated carbocycles. The average molecular weight is 312 g/mol. The number of piperidine rings is 1. The first-order valence-corrected chi connectivity index (χ1v) is 7.06. The number of likely N-dealkylation sites (tertiary alicyclic amines) is 1. The molecule has 98 valence electrons. The molecule has 1 fully saturated rings. The number of benzene rings is 1. The highest BCUT2D eigenvalue weighted by Gasteiger charge is 2.26. The van der Waals surface area contributed by atoms with Crippen molar-refractivity contribution in [1.82, 2.24) is 4.90 Å². The molecule has 2 rings (SSSR count). The molecule has 1 aromatic carbocycles. The predicted octanol–water partition coefficient (Wildman–Crippen LogP) is 2.22. The second-order valence-electron chi connectivity index (χ2n) is 4.98. The van der Waals surface area contributed by atoms with Gasteiger partial charge in [0.2, 0.25) is 5.91 Å². The third-order valence-corrected chi connectivity index (χ3v) is 3.95. The first kappa shape index (κ1) is 13.6.